The minimum atomic E-state index is 0.791. The maximum atomic E-state index is 5.73. The normalized spacial score (nSPS) is 11.0. The second-order valence-electron chi connectivity index (χ2n) is 3.22. The number of nitrogens with two attached hydrogens (primary N) is 1. The quantitative estimate of drug-likeness (QED) is 0.696. The molecule has 4 heteroatoms. The van der Waals surface area contributed by atoms with Crippen LogP contribution in [0.2, 0.25) is 0 Å². The first-order valence-electron chi connectivity index (χ1n) is 4.02. The SMILES string of the molecule is CN(C)CCc1c(N)cnn1C. The number of nitrogen functional groups attached to an aromatic ring is 1. The Morgan fingerprint density at radius 2 is 2.25 bits per heavy atom. The van der Waals surface area contributed by atoms with Crippen molar-refractivity contribution < 1.29 is 0 Å². The molecular formula is C8H16N4. The van der Waals surface area contributed by atoms with Gasteiger partial charge in [0.25, 0.3) is 0 Å². The van der Waals surface area contributed by atoms with Crippen LogP contribution in [0.3, 0.4) is 0 Å². The Balaban J connectivity index is 2.62. The molecule has 1 rings (SSSR count). The molecule has 0 aliphatic carbocycles. The van der Waals surface area contributed by atoms with E-state index >= 15 is 0 Å². The lowest BCUT2D eigenvalue weighted by molar-refractivity contribution is 0.408. The van der Waals surface area contributed by atoms with Gasteiger partial charge in [0.15, 0.2) is 0 Å². The fourth-order valence-corrected chi connectivity index (χ4v) is 1.12. The first kappa shape index (κ1) is 9.06. The van der Waals surface area contributed by atoms with E-state index < -0.39 is 0 Å². The van der Waals surface area contributed by atoms with Crippen LogP contribution in [0.1, 0.15) is 5.69 Å². The summed E-state index contributed by atoms with van der Waals surface area (Å²) in [5.74, 6) is 0. The highest BCUT2D eigenvalue weighted by Gasteiger charge is 2.04. The molecular weight excluding hydrogens is 152 g/mol. The van der Waals surface area contributed by atoms with Gasteiger partial charge in [-0.3, -0.25) is 4.68 Å². The highest BCUT2D eigenvalue weighted by atomic mass is 15.3. The molecule has 68 valence electrons. The molecule has 4 nitrogen and oxygen atoms in total. The first-order chi connectivity index (χ1) is 5.61. The van der Waals surface area contributed by atoms with E-state index in [-0.39, 0.29) is 0 Å². The third kappa shape index (κ3) is 1.98. The van der Waals surface area contributed by atoms with Gasteiger partial charge in [-0.1, -0.05) is 0 Å². The largest absolute Gasteiger partial charge is 0.396 e. The molecule has 0 radical (unpaired) electrons. The Morgan fingerprint density at radius 1 is 1.58 bits per heavy atom. The van der Waals surface area contributed by atoms with E-state index in [2.05, 4.69) is 10.00 Å². The number of likely N-dealkylation sites (N-methyl/N-ethyl adjacent to an activating group) is 1. The Hall–Kier alpha value is -1.03. The Labute approximate surface area is 73.0 Å². The zero-order valence-corrected chi connectivity index (χ0v) is 7.91. The van der Waals surface area contributed by atoms with Crippen LogP contribution < -0.4 is 5.73 Å². The number of hydrogen-bond acceptors (Lipinski definition) is 3. The third-order valence-corrected chi connectivity index (χ3v) is 1.89. The van der Waals surface area contributed by atoms with Crippen LogP contribution in [0.25, 0.3) is 0 Å². The number of rotatable bonds is 3. The van der Waals surface area contributed by atoms with Gasteiger partial charge in [0.2, 0.25) is 0 Å². The predicted molar refractivity (Wildman–Crippen MR) is 49.9 cm³/mol. The van der Waals surface area contributed by atoms with Crippen molar-refractivity contribution in [2.75, 3.05) is 26.4 Å². The number of aromatic nitrogens is 2. The standard InChI is InChI=1S/C8H16N4/c1-11(2)5-4-8-7(9)6-10-12(8)3/h6H,4-5,9H2,1-3H3. The molecule has 1 aromatic rings. The van der Waals surface area contributed by atoms with E-state index in [1.54, 1.807) is 6.20 Å². The zero-order valence-electron chi connectivity index (χ0n) is 7.91. The van der Waals surface area contributed by atoms with Gasteiger partial charge in [-0.25, -0.2) is 0 Å². The number of aryl methyl sites for hydroxylation is 1. The van der Waals surface area contributed by atoms with Gasteiger partial charge in [-0.05, 0) is 14.1 Å². The van der Waals surface area contributed by atoms with Crippen molar-refractivity contribution >= 4 is 5.69 Å². The average molecular weight is 168 g/mol. The lowest BCUT2D eigenvalue weighted by Crippen LogP contribution is -2.17. The molecule has 0 atom stereocenters. The molecule has 1 aromatic heterocycles. The molecule has 0 amide bonds. The summed E-state index contributed by atoms with van der Waals surface area (Å²) in [4.78, 5) is 2.13. The minimum Gasteiger partial charge on any atom is -0.396 e. The van der Waals surface area contributed by atoms with Crippen LogP contribution in [0.15, 0.2) is 6.20 Å². The molecule has 0 saturated carbocycles. The highest BCUT2D eigenvalue weighted by molar-refractivity contribution is 5.40. The topological polar surface area (TPSA) is 47.1 Å². The van der Waals surface area contributed by atoms with Crippen molar-refractivity contribution in [3.63, 3.8) is 0 Å². The fourth-order valence-electron chi connectivity index (χ4n) is 1.12. The number of nitrogens with zero attached hydrogens (tertiary/aromatic N) is 3. The van der Waals surface area contributed by atoms with Crippen molar-refractivity contribution in [1.29, 1.82) is 0 Å². The van der Waals surface area contributed by atoms with Crippen LogP contribution in [0, 0.1) is 0 Å². The third-order valence-electron chi connectivity index (χ3n) is 1.89. The molecule has 0 spiro atoms. The van der Waals surface area contributed by atoms with Gasteiger partial charge in [-0.2, -0.15) is 5.10 Å². The minimum absolute atomic E-state index is 0.791. The predicted octanol–water partition coefficient (Wildman–Crippen LogP) is 0.106. The van der Waals surface area contributed by atoms with E-state index in [4.69, 9.17) is 5.73 Å². The van der Waals surface area contributed by atoms with Crippen molar-refractivity contribution in [1.82, 2.24) is 14.7 Å². The maximum Gasteiger partial charge on any atom is 0.0733 e. The van der Waals surface area contributed by atoms with Crippen LogP contribution in [0.5, 0.6) is 0 Å². The molecule has 1 heterocycles. The number of anilines is 1. The lowest BCUT2D eigenvalue weighted by atomic mass is 10.2. The molecule has 2 N–H and O–H groups in total. The Bertz CT molecular complexity index is 232. The monoisotopic (exact) mass is 168 g/mol. The van der Waals surface area contributed by atoms with E-state index in [1.165, 1.54) is 0 Å². The second-order valence-corrected chi connectivity index (χ2v) is 3.22. The highest BCUT2D eigenvalue weighted by Crippen LogP contribution is 2.09. The van der Waals surface area contributed by atoms with Crippen molar-refractivity contribution in [3.8, 4) is 0 Å². The molecule has 0 bridgehead atoms. The molecule has 0 fully saturated rings. The van der Waals surface area contributed by atoms with E-state index in [0.29, 0.717) is 0 Å². The summed E-state index contributed by atoms with van der Waals surface area (Å²) < 4.78 is 1.83. The second kappa shape index (κ2) is 3.58. The van der Waals surface area contributed by atoms with Crippen LogP contribution in [0.4, 0.5) is 5.69 Å². The summed E-state index contributed by atoms with van der Waals surface area (Å²) in [6, 6.07) is 0. The van der Waals surface area contributed by atoms with Crippen LogP contribution in [-0.2, 0) is 13.5 Å². The summed E-state index contributed by atoms with van der Waals surface area (Å²) in [5.41, 5.74) is 7.63. The average Bonchev–Trinajstić information content (AvgIpc) is 2.28. The summed E-state index contributed by atoms with van der Waals surface area (Å²) in [5, 5.41) is 4.07. The van der Waals surface area contributed by atoms with Gasteiger partial charge in [0.1, 0.15) is 0 Å². The fraction of sp³-hybridized carbons (Fsp3) is 0.625. The Morgan fingerprint density at radius 3 is 2.67 bits per heavy atom. The van der Waals surface area contributed by atoms with Gasteiger partial charge in [-0.15, -0.1) is 0 Å². The molecule has 0 aromatic carbocycles. The summed E-state index contributed by atoms with van der Waals surface area (Å²) in [6.07, 6.45) is 2.65. The molecule has 0 saturated heterocycles. The van der Waals surface area contributed by atoms with Crippen LogP contribution in [-0.4, -0.2) is 35.3 Å². The van der Waals surface area contributed by atoms with Gasteiger partial charge < -0.3 is 10.6 Å². The summed E-state index contributed by atoms with van der Waals surface area (Å²) in [6.45, 7) is 1.00. The molecule has 12 heavy (non-hydrogen) atoms. The summed E-state index contributed by atoms with van der Waals surface area (Å²) >= 11 is 0. The lowest BCUT2D eigenvalue weighted by Gasteiger charge is -2.09. The van der Waals surface area contributed by atoms with Gasteiger partial charge in [0, 0.05) is 20.0 Å². The van der Waals surface area contributed by atoms with Gasteiger partial charge in [0.05, 0.1) is 17.6 Å². The maximum absolute atomic E-state index is 5.73. The van der Waals surface area contributed by atoms with Crippen molar-refractivity contribution in [2.24, 2.45) is 7.05 Å². The van der Waals surface area contributed by atoms with E-state index in [0.717, 1.165) is 24.3 Å². The molecule has 0 aliphatic heterocycles. The summed E-state index contributed by atoms with van der Waals surface area (Å²) in [7, 11) is 6.01. The number of hydrogen-bond donors (Lipinski definition) is 1. The van der Waals surface area contributed by atoms with Crippen molar-refractivity contribution in [3.05, 3.63) is 11.9 Å². The van der Waals surface area contributed by atoms with Gasteiger partial charge >= 0.3 is 0 Å². The molecule has 0 aliphatic rings. The van der Waals surface area contributed by atoms with E-state index in [1.807, 2.05) is 25.8 Å². The molecule has 0 unspecified atom stereocenters. The van der Waals surface area contributed by atoms with Crippen LogP contribution >= 0.6 is 0 Å². The van der Waals surface area contributed by atoms with Crippen molar-refractivity contribution in [2.45, 2.75) is 6.42 Å². The smallest absolute Gasteiger partial charge is 0.0733 e. The zero-order chi connectivity index (χ0) is 9.14. The first-order valence-corrected chi connectivity index (χ1v) is 4.02. The van der Waals surface area contributed by atoms with E-state index in [9.17, 15) is 0 Å². The Kier molecular flexibility index (Phi) is 2.70.